The highest BCUT2D eigenvalue weighted by molar-refractivity contribution is 5.64. The molecule has 6 heteroatoms. The van der Waals surface area contributed by atoms with Gasteiger partial charge in [0.25, 0.3) is 0 Å². The molecular weight excluding hydrogens is 338 g/mol. The van der Waals surface area contributed by atoms with Crippen molar-refractivity contribution in [2.75, 3.05) is 63.2 Å². The van der Waals surface area contributed by atoms with Crippen LogP contribution >= 0.6 is 0 Å². The van der Waals surface area contributed by atoms with Gasteiger partial charge in [0.1, 0.15) is 5.82 Å². The van der Waals surface area contributed by atoms with Gasteiger partial charge in [0.15, 0.2) is 0 Å². The molecule has 0 atom stereocenters. The van der Waals surface area contributed by atoms with Gasteiger partial charge in [-0.1, -0.05) is 43.7 Å². The minimum Gasteiger partial charge on any atom is -0.379 e. The van der Waals surface area contributed by atoms with Gasteiger partial charge in [-0.3, -0.25) is 4.90 Å². The Labute approximate surface area is 162 Å². The lowest BCUT2D eigenvalue weighted by Crippen LogP contribution is -2.39. The zero-order valence-electron chi connectivity index (χ0n) is 16.5. The molecule has 2 heterocycles. The van der Waals surface area contributed by atoms with Crippen LogP contribution in [0, 0.1) is 0 Å². The Balaban J connectivity index is 1.72. The number of morpholine rings is 1. The number of aromatic nitrogens is 2. The van der Waals surface area contributed by atoms with Gasteiger partial charge in [0.2, 0.25) is 5.95 Å². The third-order valence-electron chi connectivity index (χ3n) is 4.81. The number of ether oxygens (including phenoxy) is 1. The summed E-state index contributed by atoms with van der Waals surface area (Å²) in [5.74, 6) is 1.66. The SMILES string of the molecule is CCCCN(C)c1nc(NCCN2CCOCC2)cc(-c2ccccc2)n1. The number of hydrogen-bond acceptors (Lipinski definition) is 6. The van der Waals surface area contributed by atoms with E-state index in [4.69, 9.17) is 14.7 Å². The van der Waals surface area contributed by atoms with Crippen LogP contribution in [0.15, 0.2) is 36.4 Å². The molecule has 0 spiro atoms. The van der Waals surface area contributed by atoms with Crippen molar-refractivity contribution in [2.24, 2.45) is 0 Å². The predicted molar refractivity (Wildman–Crippen MR) is 111 cm³/mol. The van der Waals surface area contributed by atoms with Crippen molar-refractivity contribution in [3.05, 3.63) is 36.4 Å². The summed E-state index contributed by atoms with van der Waals surface area (Å²) in [5, 5.41) is 3.49. The topological polar surface area (TPSA) is 53.5 Å². The monoisotopic (exact) mass is 369 g/mol. The van der Waals surface area contributed by atoms with Crippen LogP contribution in [0.4, 0.5) is 11.8 Å². The van der Waals surface area contributed by atoms with E-state index in [1.807, 2.05) is 24.3 Å². The fourth-order valence-electron chi connectivity index (χ4n) is 3.11. The van der Waals surface area contributed by atoms with E-state index in [1.165, 1.54) is 0 Å². The lowest BCUT2D eigenvalue weighted by molar-refractivity contribution is 0.0398. The molecule has 1 aromatic carbocycles. The van der Waals surface area contributed by atoms with Crippen molar-refractivity contribution in [1.29, 1.82) is 0 Å². The quantitative estimate of drug-likeness (QED) is 0.733. The van der Waals surface area contributed by atoms with Gasteiger partial charge in [-0.05, 0) is 6.42 Å². The second-order valence-electron chi connectivity index (χ2n) is 6.96. The number of rotatable bonds is 9. The Morgan fingerprint density at radius 1 is 1.15 bits per heavy atom. The Kier molecular flexibility index (Phi) is 7.42. The molecule has 2 aromatic rings. The first-order chi connectivity index (χ1) is 13.3. The molecule has 0 aliphatic carbocycles. The molecule has 6 nitrogen and oxygen atoms in total. The molecule has 0 amide bonds. The molecule has 27 heavy (non-hydrogen) atoms. The first-order valence-corrected chi connectivity index (χ1v) is 9.96. The van der Waals surface area contributed by atoms with Crippen molar-refractivity contribution < 1.29 is 4.74 Å². The fraction of sp³-hybridized carbons (Fsp3) is 0.524. The van der Waals surface area contributed by atoms with E-state index in [0.29, 0.717) is 0 Å². The smallest absolute Gasteiger partial charge is 0.227 e. The molecule has 1 saturated heterocycles. The van der Waals surface area contributed by atoms with Crippen LogP contribution < -0.4 is 10.2 Å². The highest BCUT2D eigenvalue weighted by Gasteiger charge is 2.12. The summed E-state index contributed by atoms with van der Waals surface area (Å²) in [4.78, 5) is 14.1. The summed E-state index contributed by atoms with van der Waals surface area (Å²) in [6.45, 7) is 8.70. The maximum atomic E-state index is 5.42. The number of benzene rings is 1. The van der Waals surface area contributed by atoms with Crippen LogP contribution in [0.2, 0.25) is 0 Å². The van der Waals surface area contributed by atoms with Gasteiger partial charge in [0, 0.05) is 51.4 Å². The van der Waals surface area contributed by atoms with Crippen LogP contribution in [-0.2, 0) is 4.74 Å². The highest BCUT2D eigenvalue weighted by atomic mass is 16.5. The minimum atomic E-state index is 0.777. The molecule has 1 aliphatic heterocycles. The Bertz CT molecular complexity index is 688. The van der Waals surface area contributed by atoms with E-state index in [2.05, 4.69) is 41.2 Å². The maximum Gasteiger partial charge on any atom is 0.227 e. The summed E-state index contributed by atoms with van der Waals surface area (Å²) in [7, 11) is 2.07. The molecule has 1 N–H and O–H groups in total. The van der Waals surface area contributed by atoms with Gasteiger partial charge >= 0.3 is 0 Å². The second-order valence-corrected chi connectivity index (χ2v) is 6.96. The van der Waals surface area contributed by atoms with Crippen molar-refractivity contribution in [1.82, 2.24) is 14.9 Å². The minimum absolute atomic E-state index is 0.777. The van der Waals surface area contributed by atoms with E-state index in [-0.39, 0.29) is 0 Å². The Hall–Kier alpha value is -2.18. The van der Waals surface area contributed by atoms with Crippen LogP contribution in [-0.4, -0.2) is 67.9 Å². The summed E-state index contributed by atoms with van der Waals surface area (Å²) < 4.78 is 5.42. The van der Waals surface area contributed by atoms with E-state index >= 15 is 0 Å². The molecule has 1 aromatic heterocycles. The van der Waals surface area contributed by atoms with Gasteiger partial charge in [-0.25, -0.2) is 4.98 Å². The van der Waals surface area contributed by atoms with E-state index in [1.54, 1.807) is 0 Å². The number of nitrogens with one attached hydrogen (secondary N) is 1. The van der Waals surface area contributed by atoms with Crippen molar-refractivity contribution in [3.8, 4) is 11.3 Å². The van der Waals surface area contributed by atoms with Crippen LogP contribution in [0.5, 0.6) is 0 Å². The summed E-state index contributed by atoms with van der Waals surface area (Å²) in [6.07, 6.45) is 2.29. The van der Waals surface area contributed by atoms with Crippen molar-refractivity contribution in [3.63, 3.8) is 0 Å². The molecule has 1 fully saturated rings. The van der Waals surface area contributed by atoms with Gasteiger partial charge in [-0.15, -0.1) is 0 Å². The number of hydrogen-bond donors (Lipinski definition) is 1. The summed E-state index contributed by atoms with van der Waals surface area (Å²) in [6, 6.07) is 12.4. The Morgan fingerprint density at radius 3 is 2.67 bits per heavy atom. The molecular formula is C21H31N5O. The van der Waals surface area contributed by atoms with Gasteiger partial charge in [-0.2, -0.15) is 4.98 Å². The van der Waals surface area contributed by atoms with Crippen LogP contribution in [0.1, 0.15) is 19.8 Å². The first kappa shape index (κ1) is 19.6. The van der Waals surface area contributed by atoms with E-state index < -0.39 is 0 Å². The van der Waals surface area contributed by atoms with Crippen molar-refractivity contribution >= 4 is 11.8 Å². The fourth-order valence-corrected chi connectivity index (χ4v) is 3.11. The average Bonchev–Trinajstić information content (AvgIpc) is 2.73. The summed E-state index contributed by atoms with van der Waals surface area (Å²) in [5.41, 5.74) is 2.07. The zero-order chi connectivity index (χ0) is 18.9. The number of unbranched alkanes of at least 4 members (excludes halogenated alkanes) is 1. The summed E-state index contributed by atoms with van der Waals surface area (Å²) >= 11 is 0. The van der Waals surface area contributed by atoms with Gasteiger partial charge in [0.05, 0.1) is 18.9 Å². The molecule has 0 bridgehead atoms. The highest BCUT2D eigenvalue weighted by Crippen LogP contribution is 2.22. The van der Waals surface area contributed by atoms with E-state index in [9.17, 15) is 0 Å². The third-order valence-corrected chi connectivity index (χ3v) is 4.81. The van der Waals surface area contributed by atoms with Gasteiger partial charge < -0.3 is 15.0 Å². The number of anilines is 2. The van der Waals surface area contributed by atoms with Crippen LogP contribution in [0.25, 0.3) is 11.3 Å². The lowest BCUT2D eigenvalue weighted by Gasteiger charge is -2.26. The maximum absolute atomic E-state index is 5.42. The predicted octanol–water partition coefficient (Wildman–Crippen LogP) is 3.12. The largest absolute Gasteiger partial charge is 0.379 e. The lowest BCUT2D eigenvalue weighted by atomic mass is 10.1. The third kappa shape index (κ3) is 5.91. The van der Waals surface area contributed by atoms with Crippen molar-refractivity contribution in [2.45, 2.75) is 19.8 Å². The molecule has 3 rings (SSSR count). The molecule has 146 valence electrons. The average molecular weight is 370 g/mol. The van der Waals surface area contributed by atoms with Crippen LogP contribution in [0.3, 0.4) is 0 Å². The molecule has 1 aliphatic rings. The second kappa shape index (κ2) is 10.2. The standard InChI is InChI=1S/C21H31N5O/c1-3-4-11-25(2)21-23-19(18-8-6-5-7-9-18)17-20(24-21)22-10-12-26-13-15-27-16-14-26/h5-9,17H,3-4,10-16H2,1-2H3,(H,22,23,24). The number of nitrogens with zero attached hydrogens (tertiary/aromatic N) is 4. The Morgan fingerprint density at radius 2 is 1.93 bits per heavy atom. The van der Waals surface area contributed by atoms with E-state index in [0.717, 1.165) is 81.8 Å². The zero-order valence-corrected chi connectivity index (χ0v) is 16.5. The molecule has 0 unspecified atom stereocenters. The normalized spacial score (nSPS) is 14.9. The molecule has 0 saturated carbocycles. The first-order valence-electron chi connectivity index (χ1n) is 9.96. The molecule has 0 radical (unpaired) electrons.